The van der Waals surface area contributed by atoms with Gasteiger partial charge < -0.3 is 0 Å². The van der Waals surface area contributed by atoms with Crippen LogP contribution in [-0.4, -0.2) is 17.8 Å². The summed E-state index contributed by atoms with van der Waals surface area (Å²) in [7, 11) is 5.56. The van der Waals surface area contributed by atoms with Crippen LogP contribution in [0.1, 0.15) is 11.4 Å². The van der Waals surface area contributed by atoms with E-state index in [1.54, 1.807) is 0 Å². The minimum absolute atomic E-state index is 0.450. The zero-order chi connectivity index (χ0) is 11.4. The van der Waals surface area contributed by atoms with Crippen molar-refractivity contribution in [3.05, 3.63) is 47.8 Å². The molecule has 0 aliphatic carbocycles. The molecule has 78 valence electrons. The van der Waals surface area contributed by atoms with E-state index < -0.39 is 0 Å². The number of alkyl halides is 1. The van der Waals surface area contributed by atoms with Crippen molar-refractivity contribution in [2.24, 2.45) is 0 Å². The molecular weight excluding hydrogens is 263 g/mol. The highest BCUT2D eigenvalue weighted by atomic mass is 79.9. The first-order valence-corrected chi connectivity index (χ1v) is 6.14. The smallest absolute Gasteiger partial charge is 0.0889 e. The summed E-state index contributed by atoms with van der Waals surface area (Å²) in [5, 5.41) is 0.747. The Balaban J connectivity index is 2.41. The molecule has 0 unspecified atom stereocenters. The predicted octanol–water partition coefficient (Wildman–Crippen LogP) is 2.71. The van der Waals surface area contributed by atoms with E-state index in [1.165, 1.54) is 0 Å². The SMILES string of the molecule is [B]Cc1cccc(-c2cccc(CBr)n2)n1. The van der Waals surface area contributed by atoms with Gasteiger partial charge in [-0.05, 0) is 30.6 Å². The molecule has 2 aromatic heterocycles. The molecule has 2 nitrogen and oxygen atoms in total. The number of aromatic nitrogens is 2. The van der Waals surface area contributed by atoms with Gasteiger partial charge in [-0.1, -0.05) is 28.1 Å². The fourth-order valence-electron chi connectivity index (χ4n) is 1.43. The van der Waals surface area contributed by atoms with Crippen LogP contribution in [0.5, 0.6) is 0 Å². The maximum Gasteiger partial charge on any atom is 0.0889 e. The average Bonchev–Trinajstić information content (AvgIpc) is 2.39. The van der Waals surface area contributed by atoms with E-state index in [0.29, 0.717) is 6.32 Å². The number of pyridine rings is 2. The molecule has 2 radical (unpaired) electrons. The predicted molar refractivity (Wildman–Crippen MR) is 69.6 cm³/mol. The van der Waals surface area contributed by atoms with E-state index in [9.17, 15) is 0 Å². The molecule has 0 amide bonds. The highest BCUT2D eigenvalue weighted by molar-refractivity contribution is 9.08. The van der Waals surface area contributed by atoms with Crippen molar-refractivity contribution >= 4 is 23.8 Å². The largest absolute Gasteiger partial charge is 0.252 e. The van der Waals surface area contributed by atoms with E-state index in [1.807, 2.05) is 36.4 Å². The molecule has 0 atom stereocenters. The average molecular weight is 273 g/mol. The van der Waals surface area contributed by atoms with Gasteiger partial charge in [-0.3, -0.25) is 9.97 Å². The number of hydrogen-bond acceptors (Lipinski definition) is 2. The normalized spacial score (nSPS) is 10.3. The topological polar surface area (TPSA) is 25.8 Å². The van der Waals surface area contributed by atoms with E-state index in [2.05, 4.69) is 25.9 Å². The van der Waals surface area contributed by atoms with Crippen LogP contribution in [0.15, 0.2) is 36.4 Å². The van der Waals surface area contributed by atoms with Gasteiger partial charge in [0.2, 0.25) is 0 Å². The monoisotopic (exact) mass is 272 g/mol. The lowest BCUT2D eigenvalue weighted by Gasteiger charge is -2.03. The minimum Gasteiger partial charge on any atom is -0.252 e. The fourth-order valence-corrected chi connectivity index (χ4v) is 1.74. The summed E-state index contributed by atoms with van der Waals surface area (Å²) in [6.45, 7) is 0. The van der Waals surface area contributed by atoms with Crippen LogP contribution in [0.4, 0.5) is 0 Å². The van der Waals surface area contributed by atoms with Gasteiger partial charge in [-0.15, -0.1) is 0 Å². The lowest BCUT2D eigenvalue weighted by molar-refractivity contribution is 1.13. The summed E-state index contributed by atoms with van der Waals surface area (Å²) in [6, 6.07) is 11.7. The van der Waals surface area contributed by atoms with E-state index >= 15 is 0 Å². The van der Waals surface area contributed by atoms with Gasteiger partial charge in [0.15, 0.2) is 0 Å². The molecule has 0 N–H and O–H groups in total. The van der Waals surface area contributed by atoms with E-state index in [-0.39, 0.29) is 0 Å². The third-order valence-electron chi connectivity index (χ3n) is 2.22. The Hall–Kier alpha value is -1.16. The van der Waals surface area contributed by atoms with Crippen molar-refractivity contribution in [1.82, 2.24) is 9.97 Å². The second kappa shape index (κ2) is 5.26. The number of nitrogens with zero attached hydrogens (tertiary/aromatic N) is 2. The second-order valence-electron chi connectivity index (χ2n) is 3.37. The number of halogens is 1. The summed E-state index contributed by atoms with van der Waals surface area (Å²) < 4.78 is 0. The lowest BCUT2D eigenvalue weighted by atomic mass is 10.0. The Labute approximate surface area is 105 Å². The molecule has 2 aromatic rings. The first-order valence-electron chi connectivity index (χ1n) is 5.02. The highest BCUT2D eigenvalue weighted by Gasteiger charge is 2.02. The molecule has 2 heterocycles. The molecule has 4 heteroatoms. The minimum atomic E-state index is 0.450. The molecule has 16 heavy (non-hydrogen) atoms. The maximum atomic E-state index is 5.56. The Morgan fingerprint density at radius 3 is 2.06 bits per heavy atom. The molecule has 0 saturated carbocycles. The van der Waals surface area contributed by atoms with Crippen molar-refractivity contribution in [3.63, 3.8) is 0 Å². The van der Waals surface area contributed by atoms with Gasteiger partial charge in [0, 0.05) is 11.0 Å². The van der Waals surface area contributed by atoms with Crippen LogP contribution < -0.4 is 0 Å². The molecular formula is C12H10BBrN2. The molecule has 2 rings (SSSR count). The van der Waals surface area contributed by atoms with Gasteiger partial charge in [-0.25, -0.2) is 0 Å². The Morgan fingerprint density at radius 2 is 1.50 bits per heavy atom. The standard InChI is InChI=1S/C12H10BBrN2/c13-7-9-3-1-5-11(15-9)12-6-2-4-10(8-14)16-12/h1-6H,7-8H2. The van der Waals surface area contributed by atoms with Gasteiger partial charge >= 0.3 is 0 Å². The van der Waals surface area contributed by atoms with Crippen LogP contribution in [0.2, 0.25) is 0 Å². The van der Waals surface area contributed by atoms with Crippen LogP contribution in [-0.2, 0) is 11.7 Å². The Bertz CT molecular complexity index is 442. The van der Waals surface area contributed by atoms with E-state index in [4.69, 9.17) is 7.85 Å². The van der Waals surface area contributed by atoms with Crippen LogP contribution in [0.25, 0.3) is 11.4 Å². The number of hydrogen-bond donors (Lipinski definition) is 0. The summed E-state index contributed by atoms with van der Waals surface area (Å²) in [5.41, 5.74) is 3.62. The van der Waals surface area contributed by atoms with Gasteiger partial charge in [0.1, 0.15) is 0 Å². The van der Waals surface area contributed by atoms with E-state index in [0.717, 1.165) is 28.1 Å². The second-order valence-corrected chi connectivity index (χ2v) is 3.93. The summed E-state index contributed by atoms with van der Waals surface area (Å²) >= 11 is 3.39. The quantitative estimate of drug-likeness (QED) is 0.634. The van der Waals surface area contributed by atoms with Crippen LogP contribution >= 0.6 is 15.9 Å². The van der Waals surface area contributed by atoms with Gasteiger partial charge in [0.25, 0.3) is 0 Å². The Morgan fingerprint density at radius 1 is 0.938 bits per heavy atom. The van der Waals surface area contributed by atoms with Crippen LogP contribution in [0.3, 0.4) is 0 Å². The molecule has 0 spiro atoms. The molecule has 0 aromatic carbocycles. The Kier molecular flexibility index (Phi) is 3.72. The maximum absolute atomic E-state index is 5.56. The summed E-state index contributed by atoms with van der Waals surface area (Å²) in [5.74, 6) is 0. The summed E-state index contributed by atoms with van der Waals surface area (Å²) in [4.78, 5) is 8.92. The molecule has 0 aliphatic rings. The molecule has 0 bridgehead atoms. The molecule has 0 aliphatic heterocycles. The first kappa shape index (κ1) is 11.3. The fraction of sp³-hybridized carbons (Fsp3) is 0.167. The van der Waals surface area contributed by atoms with Gasteiger partial charge in [0.05, 0.1) is 24.9 Å². The lowest BCUT2D eigenvalue weighted by Crippen LogP contribution is -1.94. The molecule has 0 fully saturated rings. The zero-order valence-electron chi connectivity index (χ0n) is 8.73. The third-order valence-corrected chi connectivity index (χ3v) is 2.80. The number of rotatable bonds is 3. The first-order chi connectivity index (χ1) is 7.83. The van der Waals surface area contributed by atoms with Crippen molar-refractivity contribution in [1.29, 1.82) is 0 Å². The van der Waals surface area contributed by atoms with Crippen molar-refractivity contribution in [2.45, 2.75) is 11.7 Å². The van der Waals surface area contributed by atoms with Gasteiger partial charge in [-0.2, -0.15) is 0 Å². The van der Waals surface area contributed by atoms with Crippen molar-refractivity contribution in [2.75, 3.05) is 0 Å². The van der Waals surface area contributed by atoms with Crippen molar-refractivity contribution < 1.29 is 0 Å². The zero-order valence-corrected chi connectivity index (χ0v) is 10.3. The summed E-state index contributed by atoms with van der Waals surface area (Å²) in [6.07, 6.45) is 0.450. The molecule has 0 saturated heterocycles. The highest BCUT2D eigenvalue weighted by Crippen LogP contribution is 2.16. The third kappa shape index (κ3) is 2.50. The van der Waals surface area contributed by atoms with Crippen molar-refractivity contribution in [3.8, 4) is 11.4 Å². The van der Waals surface area contributed by atoms with Crippen LogP contribution in [0, 0.1) is 0 Å².